The van der Waals surface area contributed by atoms with Gasteiger partial charge >= 0.3 is 0 Å². The highest BCUT2D eigenvalue weighted by Crippen LogP contribution is 2.26. The van der Waals surface area contributed by atoms with Crippen LogP contribution in [0.1, 0.15) is 44.6 Å². The number of halogens is 1. The predicted octanol–water partition coefficient (Wildman–Crippen LogP) is 1.42. The Morgan fingerprint density at radius 2 is 1.73 bits per heavy atom. The molecule has 4 N–H and O–H groups in total. The maximum atomic E-state index is 13.1. The first-order valence-electron chi connectivity index (χ1n) is 8.98. The van der Waals surface area contributed by atoms with Crippen molar-refractivity contribution < 1.29 is 18.8 Å². The molecular weight excluding hydrogens is 337 g/mol. The maximum Gasteiger partial charge on any atom is 0.243 e. The second-order valence-electron chi connectivity index (χ2n) is 6.87. The van der Waals surface area contributed by atoms with E-state index in [-0.39, 0.29) is 24.1 Å². The van der Waals surface area contributed by atoms with Crippen molar-refractivity contribution in [1.29, 1.82) is 0 Å². The minimum Gasteiger partial charge on any atom is -0.368 e. The standard InChI is InChI=1S/C19H26FN3O3/c1-12(24)22-16(11-13-7-9-15(20)10-8-13)19(26)23-17(18(21)25)14-5-3-2-4-6-14/h7-10,14,16-17H,2-6,11H2,1H3,(H2,21,25)(H,22,24)(H,23,26)/t16-,17+/m1/s1. The molecule has 2 rings (SSSR count). The Morgan fingerprint density at radius 3 is 2.27 bits per heavy atom. The van der Waals surface area contributed by atoms with Crippen molar-refractivity contribution in [2.45, 2.75) is 57.5 Å². The second kappa shape index (κ2) is 9.31. The molecule has 142 valence electrons. The molecule has 2 atom stereocenters. The Bertz CT molecular complexity index is 642. The summed E-state index contributed by atoms with van der Waals surface area (Å²) in [6.45, 7) is 1.32. The number of amides is 3. The first-order valence-corrected chi connectivity index (χ1v) is 8.98. The van der Waals surface area contributed by atoms with E-state index in [9.17, 15) is 18.8 Å². The maximum absolute atomic E-state index is 13.1. The van der Waals surface area contributed by atoms with Crippen molar-refractivity contribution in [3.63, 3.8) is 0 Å². The van der Waals surface area contributed by atoms with E-state index >= 15 is 0 Å². The van der Waals surface area contributed by atoms with Gasteiger partial charge in [0.25, 0.3) is 0 Å². The lowest BCUT2D eigenvalue weighted by molar-refractivity contribution is -0.131. The summed E-state index contributed by atoms with van der Waals surface area (Å²) in [5, 5.41) is 5.31. The van der Waals surface area contributed by atoms with Gasteiger partial charge in [0.15, 0.2) is 0 Å². The average molecular weight is 363 g/mol. The van der Waals surface area contributed by atoms with E-state index in [1.807, 2.05) is 0 Å². The van der Waals surface area contributed by atoms with E-state index in [4.69, 9.17) is 5.73 Å². The molecule has 1 aromatic rings. The SMILES string of the molecule is CC(=O)N[C@H](Cc1ccc(F)cc1)C(=O)N[C@H](C(N)=O)C1CCCCC1. The highest BCUT2D eigenvalue weighted by atomic mass is 19.1. The molecule has 0 heterocycles. The summed E-state index contributed by atoms with van der Waals surface area (Å²) in [5.41, 5.74) is 6.21. The zero-order valence-electron chi connectivity index (χ0n) is 15.0. The molecule has 1 fully saturated rings. The fourth-order valence-corrected chi connectivity index (χ4v) is 3.45. The molecule has 0 bridgehead atoms. The Labute approximate surface area is 152 Å². The molecular formula is C19H26FN3O3. The van der Waals surface area contributed by atoms with Crippen LogP contribution in [0.4, 0.5) is 4.39 Å². The van der Waals surface area contributed by atoms with E-state index < -0.39 is 23.9 Å². The Balaban J connectivity index is 2.09. The van der Waals surface area contributed by atoms with Crippen molar-refractivity contribution in [2.75, 3.05) is 0 Å². The summed E-state index contributed by atoms with van der Waals surface area (Å²) in [6.07, 6.45) is 5.02. The lowest BCUT2D eigenvalue weighted by Gasteiger charge is -2.30. The summed E-state index contributed by atoms with van der Waals surface area (Å²) >= 11 is 0. The Hall–Kier alpha value is -2.44. The van der Waals surface area contributed by atoms with E-state index in [1.54, 1.807) is 12.1 Å². The van der Waals surface area contributed by atoms with Crippen molar-refractivity contribution >= 4 is 17.7 Å². The van der Waals surface area contributed by atoms with Gasteiger partial charge in [-0.25, -0.2) is 4.39 Å². The van der Waals surface area contributed by atoms with Gasteiger partial charge in [-0.05, 0) is 36.5 Å². The van der Waals surface area contributed by atoms with Crippen LogP contribution < -0.4 is 16.4 Å². The minimum atomic E-state index is -0.858. The molecule has 0 saturated heterocycles. The first kappa shape index (κ1) is 19.9. The number of benzene rings is 1. The molecule has 3 amide bonds. The highest BCUT2D eigenvalue weighted by molar-refractivity contribution is 5.91. The van der Waals surface area contributed by atoms with Crippen LogP contribution in [-0.2, 0) is 20.8 Å². The van der Waals surface area contributed by atoms with Crippen LogP contribution in [0.25, 0.3) is 0 Å². The van der Waals surface area contributed by atoms with Crippen LogP contribution >= 0.6 is 0 Å². The smallest absolute Gasteiger partial charge is 0.243 e. The van der Waals surface area contributed by atoms with Gasteiger partial charge in [0.1, 0.15) is 17.9 Å². The van der Waals surface area contributed by atoms with Gasteiger partial charge in [-0.1, -0.05) is 31.4 Å². The van der Waals surface area contributed by atoms with Gasteiger partial charge in [0, 0.05) is 13.3 Å². The normalized spacial score (nSPS) is 17.2. The minimum absolute atomic E-state index is 0.0222. The predicted molar refractivity (Wildman–Crippen MR) is 95.4 cm³/mol. The third kappa shape index (κ3) is 5.82. The molecule has 1 saturated carbocycles. The molecule has 1 aromatic carbocycles. The van der Waals surface area contributed by atoms with Crippen molar-refractivity contribution in [3.8, 4) is 0 Å². The molecule has 1 aliphatic carbocycles. The molecule has 0 spiro atoms. The van der Waals surface area contributed by atoms with Crippen LogP contribution in [0.5, 0.6) is 0 Å². The molecule has 0 aromatic heterocycles. The fraction of sp³-hybridized carbons (Fsp3) is 0.526. The zero-order chi connectivity index (χ0) is 19.1. The summed E-state index contributed by atoms with van der Waals surface area (Å²) in [6, 6.07) is 4.11. The number of nitrogens with one attached hydrogen (secondary N) is 2. The molecule has 26 heavy (non-hydrogen) atoms. The van der Waals surface area contributed by atoms with Crippen LogP contribution in [0.3, 0.4) is 0 Å². The summed E-state index contributed by atoms with van der Waals surface area (Å²) in [4.78, 5) is 36.0. The highest BCUT2D eigenvalue weighted by Gasteiger charge is 2.31. The Morgan fingerprint density at radius 1 is 1.12 bits per heavy atom. The van der Waals surface area contributed by atoms with Crippen LogP contribution in [0.15, 0.2) is 24.3 Å². The van der Waals surface area contributed by atoms with E-state index in [0.717, 1.165) is 32.1 Å². The van der Waals surface area contributed by atoms with Crippen molar-refractivity contribution in [1.82, 2.24) is 10.6 Å². The van der Waals surface area contributed by atoms with Gasteiger partial charge in [-0.2, -0.15) is 0 Å². The van der Waals surface area contributed by atoms with Gasteiger partial charge in [0.2, 0.25) is 17.7 Å². The van der Waals surface area contributed by atoms with E-state index in [1.165, 1.54) is 19.1 Å². The monoisotopic (exact) mass is 363 g/mol. The topological polar surface area (TPSA) is 101 Å². The van der Waals surface area contributed by atoms with E-state index in [0.29, 0.717) is 5.56 Å². The number of carbonyl (C=O) groups excluding carboxylic acids is 3. The molecule has 0 aliphatic heterocycles. The third-order valence-corrected chi connectivity index (χ3v) is 4.77. The number of nitrogens with two attached hydrogens (primary N) is 1. The largest absolute Gasteiger partial charge is 0.368 e. The Kier molecular flexibility index (Phi) is 7.12. The van der Waals surface area contributed by atoms with Crippen LogP contribution in [0.2, 0.25) is 0 Å². The summed E-state index contributed by atoms with van der Waals surface area (Å²) in [5.74, 6) is -1.73. The van der Waals surface area contributed by atoms with Crippen molar-refractivity contribution in [2.24, 2.45) is 11.7 Å². The quantitative estimate of drug-likeness (QED) is 0.683. The van der Waals surface area contributed by atoms with E-state index in [2.05, 4.69) is 10.6 Å². The molecule has 6 nitrogen and oxygen atoms in total. The van der Waals surface area contributed by atoms with Gasteiger partial charge in [0.05, 0.1) is 0 Å². The molecule has 0 radical (unpaired) electrons. The molecule has 7 heteroatoms. The van der Waals surface area contributed by atoms with Crippen LogP contribution in [0, 0.1) is 11.7 Å². The molecule has 0 unspecified atom stereocenters. The molecule has 1 aliphatic rings. The number of rotatable bonds is 7. The first-order chi connectivity index (χ1) is 12.4. The second-order valence-corrected chi connectivity index (χ2v) is 6.87. The van der Waals surface area contributed by atoms with Crippen molar-refractivity contribution in [3.05, 3.63) is 35.6 Å². The van der Waals surface area contributed by atoms with Gasteiger partial charge in [-0.3, -0.25) is 14.4 Å². The average Bonchev–Trinajstić information content (AvgIpc) is 2.61. The zero-order valence-corrected chi connectivity index (χ0v) is 15.0. The van der Waals surface area contributed by atoms with Gasteiger partial charge in [-0.15, -0.1) is 0 Å². The van der Waals surface area contributed by atoms with Crippen LogP contribution in [-0.4, -0.2) is 29.8 Å². The number of primary amides is 1. The number of carbonyl (C=O) groups is 3. The van der Waals surface area contributed by atoms with Gasteiger partial charge < -0.3 is 16.4 Å². The lowest BCUT2D eigenvalue weighted by atomic mass is 9.83. The third-order valence-electron chi connectivity index (χ3n) is 4.77. The summed E-state index contributed by atoms with van der Waals surface area (Å²) < 4.78 is 13.1. The summed E-state index contributed by atoms with van der Waals surface area (Å²) in [7, 11) is 0. The number of hydrogen-bond acceptors (Lipinski definition) is 3. The lowest BCUT2D eigenvalue weighted by Crippen LogP contribution is -2.56. The fourth-order valence-electron chi connectivity index (χ4n) is 3.45. The number of hydrogen-bond donors (Lipinski definition) is 3.